The molecule has 1 saturated heterocycles. The van der Waals surface area contributed by atoms with E-state index < -0.39 is 0 Å². The van der Waals surface area contributed by atoms with Gasteiger partial charge in [0, 0.05) is 55.9 Å². The largest absolute Gasteiger partial charge is 0.326 e. The highest BCUT2D eigenvalue weighted by Gasteiger charge is 2.31. The van der Waals surface area contributed by atoms with Crippen molar-refractivity contribution in [3.8, 4) is 0 Å². The first-order valence-corrected chi connectivity index (χ1v) is 9.16. The molecule has 25 heavy (non-hydrogen) atoms. The van der Waals surface area contributed by atoms with Crippen molar-refractivity contribution in [2.24, 2.45) is 0 Å². The first-order valence-electron chi connectivity index (χ1n) is 8.79. The molecule has 4 nitrogen and oxygen atoms in total. The molecule has 0 aromatic heterocycles. The van der Waals surface area contributed by atoms with Gasteiger partial charge in [0.15, 0.2) is 0 Å². The molecule has 0 radical (unpaired) electrons. The monoisotopic (exact) mass is 355 g/mol. The van der Waals surface area contributed by atoms with Gasteiger partial charge in [0.25, 0.3) is 0 Å². The van der Waals surface area contributed by atoms with Gasteiger partial charge in [-0.15, -0.1) is 0 Å². The molecule has 0 spiro atoms. The van der Waals surface area contributed by atoms with Crippen molar-refractivity contribution < 1.29 is 4.79 Å². The van der Waals surface area contributed by atoms with E-state index in [1.54, 1.807) is 0 Å². The van der Waals surface area contributed by atoms with Crippen LogP contribution in [0.5, 0.6) is 0 Å². The summed E-state index contributed by atoms with van der Waals surface area (Å²) in [6, 6.07) is 16.5. The van der Waals surface area contributed by atoms with Gasteiger partial charge in [-0.25, -0.2) is 0 Å². The maximum Gasteiger partial charge on any atom is 0.226 e. The summed E-state index contributed by atoms with van der Waals surface area (Å²) in [5.41, 5.74) is 3.50. The Labute approximate surface area is 153 Å². The van der Waals surface area contributed by atoms with E-state index in [4.69, 9.17) is 11.6 Å². The fraction of sp³-hybridized carbons (Fsp3) is 0.350. The highest BCUT2D eigenvalue weighted by molar-refractivity contribution is 6.30. The lowest BCUT2D eigenvalue weighted by molar-refractivity contribution is -0.118. The Balaban J connectivity index is 1.40. The van der Waals surface area contributed by atoms with Gasteiger partial charge in [0.2, 0.25) is 5.91 Å². The number of fused-ring (bicyclic) bond motifs is 1. The Morgan fingerprint density at radius 1 is 1.00 bits per heavy atom. The second-order valence-electron chi connectivity index (χ2n) is 6.79. The van der Waals surface area contributed by atoms with Gasteiger partial charge in [-0.1, -0.05) is 41.9 Å². The molecule has 1 amide bonds. The molecule has 0 bridgehead atoms. The van der Waals surface area contributed by atoms with E-state index in [1.165, 1.54) is 11.1 Å². The number of piperazine rings is 1. The molecule has 2 aliphatic rings. The van der Waals surface area contributed by atoms with Crippen LogP contribution in [0.15, 0.2) is 48.5 Å². The number of carbonyl (C=O) groups is 1. The minimum absolute atomic E-state index is 0.118. The summed E-state index contributed by atoms with van der Waals surface area (Å²) < 4.78 is 0. The van der Waals surface area contributed by atoms with Gasteiger partial charge in [-0.3, -0.25) is 14.6 Å². The topological polar surface area (TPSA) is 35.6 Å². The zero-order valence-corrected chi connectivity index (χ0v) is 14.9. The van der Waals surface area contributed by atoms with Crippen LogP contribution in [0.3, 0.4) is 0 Å². The van der Waals surface area contributed by atoms with Crippen molar-refractivity contribution in [3.05, 3.63) is 64.7 Å². The molecular formula is C20H22ClN3O. The number of nitrogens with one attached hydrogen (secondary N) is 1. The Bertz CT molecular complexity index is 754. The molecule has 130 valence electrons. The highest BCUT2D eigenvalue weighted by Crippen LogP contribution is 2.35. The van der Waals surface area contributed by atoms with Crippen molar-refractivity contribution >= 4 is 23.2 Å². The SMILES string of the molecule is O=C1CC(N2CCN(Cc3ccc(Cl)cc3)CC2)c2ccccc2N1. The summed E-state index contributed by atoms with van der Waals surface area (Å²) in [7, 11) is 0. The minimum atomic E-state index is 0.118. The first kappa shape index (κ1) is 16.6. The van der Waals surface area contributed by atoms with Crippen molar-refractivity contribution in [1.82, 2.24) is 9.80 Å². The fourth-order valence-electron chi connectivity index (χ4n) is 3.80. The van der Waals surface area contributed by atoms with E-state index in [0.29, 0.717) is 6.42 Å². The minimum Gasteiger partial charge on any atom is -0.326 e. The van der Waals surface area contributed by atoms with Crippen LogP contribution in [0.2, 0.25) is 5.02 Å². The summed E-state index contributed by atoms with van der Waals surface area (Å²) in [6.45, 7) is 4.96. The number of halogens is 1. The quantitative estimate of drug-likeness (QED) is 0.914. The Morgan fingerprint density at radius 3 is 2.48 bits per heavy atom. The van der Waals surface area contributed by atoms with Gasteiger partial charge < -0.3 is 5.32 Å². The smallest absolute Gasteiger partial charge is 0.226 e. The number of para-hydroxylation sites is 1. The van der Waals surface area contributed by atoms with Crippen LogP contribution in [0.4, 0.5) is 5.69 Å². The predicted octanol–water partition coefficient (Wildman–Crippen LogP) is 3.54. The number of anilines is 1. The highest BCUT2D eigenvalue weighted by atomic mass is 35.5. The third-order valence-corrected chi connectivity index (χ3v) is 5.39. The number of hydrogen-bond donors (Lipinski definition) is 1. The normalized spacial score (nSPS) is 21.6. The molecule has 2 aliphatic heterocycles. The molecule has 2 aromatic carbocycles. The van der Waals surface area contributed by atoms with E-state index >= 15 is 0 Å². The fourth-order valence-corrected chi connectivity index (χ4v) is 3.92. The van der Waals surface area contributed by atoms with Crippen LogP contribution < -0.4 is 5.32 Å². The van der Waals surface area contributed by atoms with E-state index in [0.717, 1.165) is 43.4 Å². The van der Waals surface area contributed by atoms with Crippen molar-refractivity contribution in [3.63, 3.8) is 0 Å². The maximum absolute atomic E-state index is 12.1. The second-order valence-corrected chi connectivity index (χ2v) is 7.23. The number of nitrogens with zero attached hydrogens (tertiary/aromatic N) is 2. The maximum atomic E-state index is 12.1. The zero-order chi connectivity index (χ0) is 17.2. The molecule has 2 aromatic rings. The average molecular weight is 356 g/mol. The Kier molecular flexibility index (Phi) is 4.75. The zero-order valence-electron chi connectivity index (χ0n) is 14.1. The Morgan fingerprint density at radius 2 is 1.72 bits per heavy atom. The summed E-state index contributed by atoms with van der Waals surface area (Å²) in [4.78, 5) is 17.0. The van der Waals surface area contributed by atoms with Crippen LogP contribution in [-0.4, -0.2) is 41.9 Å². The number of rotatable bonds is 3. The van der Waals surface area contributed by atoms with Crippen LogP contribution in [0.25, 0.3) is 0 Å². The van der Waals surface area contributed by atoms with Crippen molar-refractivity contribution in [2.45, 2.75) is 19.0 Å². The molecular weight excluding hydrogens is 334 g/mol. The second kappa shape index (κ2) is 7.16. The number of amides is 1. The molecule has 1 N–H and O–H groups in total. The molecule has 5 heteroatoms. The van der Waals surface area contributed by atoms with E-state index in [2.05, 4.69) is 39.4 Å². The van der Waals surface area contributed by atoms with Crippen molar-refractivity contribution in [1.29, 1.82) is 0 Å². The lowest BCUT2D eigenvalue weighted by Gasteiger charge is -2.41. The number of benzene rings is 2. The molecule has 0 saturated carbocycles. The lowest BCUT2D eigenvalue weighted by atomic mass is 9.95. The average Bonchev–Trinajstić information content (AvgIpc) is 2.63. The number of carbonyl (C=O) groups excluding carboxylic acids is 1. The predicted molar refractivity (Wildman–Crippen MR) is 101 cm³/mol. The molecule has 1 unspecified atom stereocenters. The van der Waals surface area contributed by atoms with Gasteiger partial charge in [-0.05, 0) is 29.3 Å². The standard InChI is InChI=1S/C20H22ClN3O/c21-16-7-5-15(6-8-16)14-23-9-11-24(12-10-23)19-13-20(25)22-18-4-2-1-3-17(18)19/h1-8,19H,9-14H2,(H,22,25). The molecule has 2 heterocycles. The van der Waals surface area contributed by atoms with Crippen LogP contribution in [-0.2, 0) is 11.3 Å². The van der Waals surface area contributed by atoms with Crippen molar-refractivity contribution in [2.75, 3.05) is 31.5 Å². The molecule has 1 fully saturated rings. The lowest BCUT2D eigenvalue weighted by Crippen LogP contribution is -2.48. The number of hydrogen-bond acceptors (Lipinski definition) is 3. The third kappa shape index (κ3) is 3.71. The molecule has 0 aliphatic carbocycles. The summed E-state index contributed by atoms with van der Waals surface area (Å²) in [6.07, 6.45) is 0.550. The summed E-state index contributed by atoms with van der Waals surface area (Å²) >= 11 is 5.96. The molecule has 1 atom stereocenters. The summed E-state index contributed by atoms with van der Waals surface area (Å²) in [5, 5.41) is 3.77. The van der Waals surface area contributed by atoms with Crippen LogP contribution in [0, 0.1) is 0 Å². The third-order valence-electron chi connectivity index (χ3n) is 5.14. The van der Waals surface area contributed by atoms with E-state index in [-0.39, 0.29) is 11.9 Å². The first-order chi connectivity index (χ1) is 12.2. The van der Waals surface area contributed by atoms with Crippen LogP contribution >= 0.6 is 11.6 Å². The summed E-state index contributed by atoms with van der Waals surface area (Å²) in [5.74, 6) is 0.118. The van der Waals surface area contributed by atoms with E-state index in [9.17, 15) is 4.79 Å². The van der Waals surface area contributed by atoms with Gasteiger partial charge in [-0.2, -0.15) is 0 Å². The Hall–Kier alpha value is -1.88. The van der Waals surface area contributed by atoms with Gasteiger partial charge in [0.1, 0.15) is 0 Å². The van der Waals surface area contributed by atoms with E-state index in [1.807, 2.05) is 24.3 Å². The van der Waals surface area contributed by atoms with Gasteiger partial charge in [0.05, 0.1) is 0 Å². The van der Waals surface area contributed by atoms with Gasteiger partial charge >= 0.3 is 0 Å². The van der Waals surface area contributed by atoms with Crippen LogP contribution in [0.1, 0.15) is 23.6 Å². The molecule has 4 rings (SSSR count).